The van der Waals surface area contributed by atoms with Crippen LogP contribution in [0.25, 0.3) is 0 Å². The van der Waals surface area contributed by atoms with Crippen molar-refractivity contribution >= 4 is 17.5 Å². The zero-order valence-electron chi connectivity index (χ0n) is 18.8. The first-order valence-electron chi connectivity index (χ1n) is 11.1. The maximum absolute atomic E-state index is 12.5. The molecule has 1 fully saturated rings. The molecule has 1 aliphatic rings. The third kappa shape index (κ3) is 6.56. The molecular formula is C25H33N3O3. The first kappa shape index (κ1) is 22.8. The molecule has 166 valence electrons. The van der Waals surface area contributed by atoms with E-state index in [0.29, 0.717) is 44.4 Å². The van der Waals surface area contributed by atoms with Crippen LogP contribution < -0.4 is 10.1 Å². The minimum absolute atomic E-state index is 0.0195. The predicted octanol–water partition coefficient (Wildman–Crippen LogP) is 3.53. The van der Waals surface area contributed by atoms with Crippen molar-refractivity contribution in [2.24, 2.45) is 0 Å². The van der Waals surface area contributed by atoms with Crippen LogP contribution in [0.5, 0.6) is 5.75 Å². The first-order chi connectivity index (χ1) is 15.0. The maximum atomic E-state index is 12.5. The molecule has 1 heterocycles. The molecule has 0 aliphatic carbocycles. The van der Waals surface area contributed by atoms with E-state index < -0.39 is 0 Å². The van der Waals surface area contributed by atoms with Crippen LogP contribution in [-0.2, 0) is 16.0 Å². The molecule has 0 spiro atoms. The fourth-order valence-electron chi connectivity index (χ4n) is 3.68. The molecule has 6 nitrogen and oxygen atoms in total. The summed E-state index contributed by atoms with van der Waals surface area (Å²) in [6.45, 7) is 9.30. The number of hydrogen-bond acceptors (Lipinski definition) is 4. The van der Waals surface area contributed by atoms with Gasteiger partial charge in [-0.1, -0.05) is 51.1 Å². The highest BCUT2D eigenvalue weighted by Gasteiger charge is 2.23. The number of carbonyl (C=O) groups is 2. The highest BCUT2D eigenvalue weighted by atomic mass is 16.5. The fourth-order valence-corrected chi connectivity index (χ4v) is 3.68. The molecule has 1 saturated heterocycles. The van der Waals surface area contributed by atoms with Crippen LogP contribution in [0.15, 0.2) is 48.5 Å². The van der Waals surface area contributed by atoms with E-state index in [-0.39, 0.29) is 18.4 Å². The van der Waals surface area contributed by atoms with E-state index in [2.05, 4.69) is 31.0 Å². The summed E-state index contributed by atoms with van der Waals surface area (Å²) in [4.78, 5) is 28.8. The Morgan fingerprint density at radius 1 is 1.00 bits per heavy atom. The standard InChI is InChI=1S/C25H33N3O3/c1-4-20-7-5-6-8-23(20)26-24(29)17-27-13-15-28(16-14-27)25(30)18-31-22-11-9-21(10-12-22)19(2)3/h5-12,19H,4,13-18H2,1-3H3,(H,26,29). The van der Waals surface area contributed by atoms with E-state index in [0.717, 1.165) is 17.7 Å². The van der Waals surface area contributed by atoms with Gasteiger partial charge in [0.2, 0.25) is 5.91 Å². The second-order valence-electron chi connectivity index (χ2n) is 8.23. The summed E-state index contributed by atoms with van der Waals surface area (Å²) in [6, 6.07) is 15.8. The topological polar surface area (TPSA) is 61.9 Å². The SMILES string of the molecule is CCc1ccccc1NC(=O)CN1CCN(C(=O)COc2ccc(C(C)C)cc2)CC1. The number of benzene rings is 2. The molecule has 2 amide bonds. The molecule has 1 aliphatic heterocycles. The van der Waals surface area contributed by atoms with Gasteiger partial charge in [-0.3, -0.25) is 14.5 Å². The minimum atomic E-state index is -0.0196. The molecule has 1 N–H and O–H groups in total. The second kappa shape index (κ2) is 11.0. The molecule has 3 rings (SSSR count). The molecule has 6 heteroatoms. The number of piperazine rings is 1. The van der Waals surface area contributed by atoms with Gasteiger partial charge in [-0.15, -0.1) is 0 Å². The Labute approximate surface area is 185 Å². The van der Waals surface area contributed by atoms with Crippen LogP contribution in [0.1, 0.15) is 37.8 Å². The van der Waals surface area contributed by atoms with Crippen LogP contribution in [0.4, 0.5) is 5.69 Å². The molecular weight excluding hydrogens is 390 g/mol. The van der Waals surface area contributed by atoms with Gasteiger partial charge in [0.1, 0.15) is 5.75 Å². The average Bonchev–Trinajstić information content (AvgIpc) is 2.78. The molecule has 2 aromatic carbocycles. The van der Waals surface area contributed by atoms with Crippen molar-refractivity contribution < 1.29 is 14.3 Å². The minimum Gasteiger partial charge on any atom is -0.484 e. The molecule has 2 aromatic rings. The molecule has 31 heavy (non-hydrogen) atoms. The number of amides is 2. The lowest BCUT2D eigenvalue weighted by atomic mass is 10.0. The van der Waals surface area contributed by atoms with E-state index in [1.54, 1.807) is 0 Å². The molecule has 0 unspecified atom stereocenters. The Bertz CT molecular complexity index is 872. The number of hydrogen-bond donors (Lipinski definition) is 1. The van der Waals surface area contributed by atoms with Crippen LogP contribution in [0, 0.1) is 0 Å². The highest BCUT2D eigenvalue weighted by Crippen LogP contribution is 2.19. The smallest absolute Gasteiger partial charge is 0.260 e. The summed E-state index contributed by atoms with van der Waals surface area (Å²) in [7, 11) is 0. The van der Waals surface area contributed by atoms with Crippen LogP contribution in [0.2, 0.25) is 0 Å². The summed E-state index contributed by atoms with van der Waals surface area (Å²) in [5.41, 5.74) is 3.25. The van der Waals surface area contributed by atoms with Gasteiger partial charge in [0, 0.05) is 31.9 Å². The summed E-state index contributed by atoms with van der Waals surface area (Å²) in [5.74, 6) is 1.14. The number of aryl methyl sites for hydroxylation is 1. The van der Waals surface area contributed by atoms with Gasteiger partial charge in [0.25, 0.3) is 5.91 Å². The number of nitrogens with zero attached hydrogens (tertiary/aromatic N) is 2. The third-order valence-electron chi connectivity index (χ3n) is 5.67. The van der Waals surface area contributed by atoms with Crippen molar-refractivity contribution in [1.29, 1.82) is 0 Å². The Hall–Kier alpha value is -2.86. The Morgan fingerprint density at radius 3 is 2.32 bits per heavy atom. The van der Waals surface area contributed by atoms with E-state index in [1.807, 2.05) is 53.4 Å². The number of ether oxygens (including phenoxy) is 1. The Kier molecular flexibility index (Phi) is 8.06. The van der Waals surface area contributed by atoms with Crippen LogP contribution >= 0.6 is 0 Å². The van der Waals surface area contributed by atoms with E-state index in [9.17, 15) is 9.59 Å². The summed E-state index contributed by atoms with van der Waals surface area (Å²) in [6.07, 6.45) is 0.876. The van der Waals surface area contributed by atoms with Gasteiger partial charge in [-0.2, -0.15) is 0 Å². The van der Waals surface area contributed by atoms with E-state index in [4.69, 9.17) is 4.74 Å². The van der Waals surface area contributed by atoms with Gasteiger partial charge in [-0.25, -0.2) is 0 Å². The number of para-hydroxylation sites is 1. The van der Waals surface area contributed by atoms with Crippen molar-refractivity contribution in [1.82, 2.24) is 9.80 Å². The Morgan fingerprint density at radius 2 is 1.68 bits per heavy atom. The molecule has 0 radical (unpaired) electrons. The Balaban J connectivity index is 1.40. The first-order valence-corrected chi connectivity index (χ1v) is 11.1. The number of rotatable bonds is 8. The summed E-state index contributed by atoms with van der Waals surface area (Å²) < 4.78 is 5.67. The lowest BCUT2D eigenvalue weighted by Gasteiger charge is -2.34. The average molecular weight is 424 g/mol. The summed E-state index contributed by atoms with van der Waals surface area (Å²) >= 11 is 0. The monoisotopic (exact) mass is 423 g/mol. The van der Waals surface area contributed by atoms with Crippen molar-refractivity contribution in [3.05, 3.63) is 59.7 Å². The van der Waals surface area contributed by atoms with Crippen LogP contribution in [-0.4, -0.2) is 60.9 Å². The van der Waals surface area contributed by atoms with E-state index >= 15 is 0 Å². The zero-order valence-corrected chi connectivity index (χ0v) is 18.8. The molecule has 0 bridgehead atoms. The van der Waals surface area contributed by atoms with Crippen molar-refractivity contribution in [3.63, 3.8) is 0 Å². The van der Waals surface area contributed by atoms with Crippen molar-refractivity contribution in [2.45, 2.75) is 33.1 Å². The number of anilines is 1. The third-order valence-corrected chi connectivity index (χ3v) is 5.67. The summed E-state index contributed by atoms with van der Waals surface area (Å²) in [5, 5.41) is 3.01. The largest absolute Gasteiger partial charge is 0.484 e. The number of nitrogens with one attached hydrogen (secondary N) is 1. The predicted molar refractivity (Wildman–Crippen MR) is 123 cm³/mol. The van der Waals surface area contributed by atoms with Crippen LogP contribution in [0.3, 0.4) is 0 Å². The van der Waals surface area contributed by atoms with Gasteiger partial charge in [0.05, 0.1) is 6.54 Å². The fraction of sp³-hybridized carbons (Fsp3) is 0.440. The van der Waals surface area contributed by atoms with Gasteiger partial charge >= 0.3 is 0 Å². The van der Waals surface area contributed by atoms with Gasteiger partial charge in [-0.05, 0) is 41.7 Å². The molecule has 0 saturated carbocycles. The lowest BCUT2D eigenvalue weighted by Crippen LogP contribution is -2.51. The van der Waals surface area contributed by atoms with Gasteiger partial charge in [0.15, 0.2) is 6.61 Å². The highest BCUT2D eigenvalue weighted by molar-refractivity contribution is 5.93. The molecule has 0 atom stereocenters. The molecule has 0 aromatic heterocycles. The van der Waals surface area contributed by atoms with Crippen molar-refractivity contribution in [2.75, 3.05) is 44.6 Å². The van der Waals surface area contributed by atoms with Crippen molar-refractivity contribution in [3.8, 4) is 5.75 Å². The zero-order chi connectivity index (χ0) is 22.2. The van der Waals surface area contributed by atoms with E-state index in [1.165, 1.54) is 5.56 Å². The van der Waals surface area contributed by atoms with Gasteiger partial charge < -0.3 is 15.0 Å². The lowest BCUT2D eigenvalue weighted by molar-refractivity contribution is -0.135. The second-order valence-corrected chi connectivity index (χ2v) is 8.23. The maximum Gasteiger partial charge on any atom is 0.260 e. The number of carbonyl (C=O) groups excluding carboxylic acids is 2. The normalized spacial score (nSPS) is 14.5. The quantitative estimate of drug-likeness (QED) is 0.706.